The number of hydrogen-bond donors (Lipinski definition) is 2. The van der Waals surface area contributed by atoms with E-state index in [1.807, 2.05) is 0 Å². The number of aliphatic imine (C=N–C) groups is 1. The van der Waals surface area contributed by atoms with E-state index in [1.54, 1.807) is 0 Å². The molecule has 0 aliphatic rings. The van der Waals surface area contributed by atoms with E-state index in [2.05, 4.69) is 17.0 Å². The molecule has 2 N–H and O–H groups in total. The summed E-state index contributed by atoms with van der Waals surface area (Å²) in [6, 6.07) is 0. The van der Waals surface area contributed by atoms with E-state index in [9.17, 15) is 4.79 Å². The average Bonchev–Trinajstić information content (AvgIpc) is 1.69. The summed E-state index contributed by atoms with van der Waals surface area (Å²) in [7, 11) is 1.51. The lowest BCUT2D eigenvalue weighted by atomic mass is 10.5. The lowest BCUT2D eigenvalue weighted by Crippen LogP contribution is -2.31. The van der Waals surface area contributed by atoms with Crippen molar-refractivity contribution in [3.8, 4) is 0 Å². The molecule has 1 atom stereocenters. The van der Waals surface area contributed by atoms with Crippen LogP contribution in [0.5, 0.6) is 0 Å². The SMILES string of the molecule is C=NC(NC)C(=O)O. The molecular weight excluding hydrogens is 108 g/mol. The van der Waals surface area contributed by atoms with Gasteiger partial charge in [0, 0.05) is 0 Å². The fraction of sp³-hybridized carbons (Fsp3) is 0.500. The highest BCUT2D eigenvalue weighted by Gasteiger charge is 2.08. The van der Waals surface area contributed by atoms with Gasteiger partial charge in [0.25, 0.3) is 0 Å². The molecule has 0 heterocycles. The molecule has 0 saturated heterocycles. The number of likely N-dealkylation sites (N-methyl/N-ethyl adjacent to an activating group) is 1. The third-order valence-electron chi connectivity index (χ3n) is 0.690. The fourth-order valence-electron chi connectivity index (χ4n) is 0.293. The average molecular weight is 116 g/mol. The van der Waals surface area contributed by atoms with Crippen molar-refractivity contribution in [3.63, 3.8) is 0 Å². The molecule has 0 rings (SSSR count). The number of nitrogens with zero attached hydrogens (tertiary/aromatic N) is 1. The molecule has 0 bridgehead atoms. The lowest BCUT2D eigenvalue weighted by molar-refractivity contribution is -0.139. The maximum Gasteiger partial charge on any atom is 0.343 e. The number of rotatable bonds is 3. The van der Waals surface area contributed by atoms with Crippen LogP contribution in [0.25, 0.3) is 0 Å². The first-order valence-electron chi connectivity index (χ1n) is 2.08. The second kappa shape index (κ2) is 3.15. The first-order chi connectivity index (χ1) is 3.72. The van der Waals surface area contributed by atoms with Crippen LogP contribution in [0.4, 0.5) is 0 Å². The lowest BCUT2D eigenvalue weighted by Gasteiger charge is -2.01. The highest BCUT2D eigenvalue weighted by Crippen LogP contribution is 1.79. The Labute approximate surface area is 47.2 Å². The molecule has 8 heavy (non-hydrogen) atoms. The molecule has 0 aromatic heterocycles. The van der Waals surface area contributed by atoms with Gasteiger partial charge in [0.1, 0.15) is 0 Å². The molecule has 0 aliphatic heterocycles. The zero-order valence-electron chi connectivity index (χ0n) is 4.59. The predicted octanol–water partition coefficient (Wildman–Crippen LogP) is -0.683. The first-order valence-corrected chi connectivity index (χ1v) is 2.08. The van der Waals surface area contributed by atoms with Crippen LogP contribution in [0, 0.1) is 0 Å². The molecule has 46 valence electrons. The van der Waals surface area contributed by atoms with Gasteiger partial charge >= 0.3 is 5.97 Å². The van der Waals surface area contributed by atoms with Crippen molar-refractivity contribution in [1.29, 1.82) is 0 Å². The van der Waals surface area contributed by atoms with Crippen molar-refractivity contribution in [2.24, 2.45) is 4.99 Å². The monoisotopic (exact) mass is 116 g/mol. The Morgan fingerprint density at radius 2 is 2.50 bits per heavy atom. The van der Waals surface area contributed by atoms with Gasteiger partial charge in [-0.25, -0.2) is 4.79 Å². The summed E-state index contributed by atoms with van der Waals surface area (Å²) in [4.78, 5) is 13.2. The molecule has 4 heteroatoms. The minimum absolute atomic E-state index is 0.866. The molecule has 1 unspecified atom stereocenters. The molecule has 0 aromatic rings. The molecule has 0 fully saturated rings. The zero-order chi connectivity index (χ0) is 6.57. The minimum Gasteiger partial charge on any atom is -0.479 e. The normalized spacial score (nSPS) is 12.6. The maximum absolute atomic E-state index is 9.97. The number of carboxylic acids is 1. The molecule has 0 radical (unpaired) electrons. The van der Waals surface area contributed by atoms with Gasteiger partial charge in [0.05, 0.1) is 0 Å². The first kappa shape index (κ1) is 7.10. The minimum atomic E-state index is -1.01. The standard InChI is InChI=1S/C4H8N2O2/c1-5-3(6-2)4(7)8/h3,6H,1H2,2H3,(H,7,8). The summed E-state index contributed by atoms with van der Waals surface area (Å²) >= 11 is 0. The maximum atomic E-state index is 9.97. The van der Waals surface area contributed by atoms with Gasteiger partial charge in [0.2, 0.25) is 0 Å². The van der Waals surface area contributed by atoms with Crippen molar-refractivity contribution in [2.45, 2.75) is 6.17 Å². The summed E-state index contributed by atoms with van der Waals surface area (Å²) in [5, 5.41) is 10.6. The van der Waals surface area contributed by atoms with E-state index >= 15 is 0 Å². The highest BCUT2D eigenvalue weighted by atomic mass is 16.4. The van der Waals surface area contributed by atoms with E-state index in [1.165, 1.54) is 7.05 Å². The third-order valence-corrected chi connectivity index (χ3v) is 0.690. The van der Waals surface area contributed by atoms with Crippen LogP contribution in [0.2, 0.25) is 0 Å². The molecule has 0 spiro atoms. The molecule has 0 amide bonds. The van der Waals surface area contributed by atoms with E-state index < -0.39 is 12.1 Å². The second-order valence-corrected chi connectivity index (χ2v) is 1.21. The molecule has 0 aliphatic carbocycles. The number of carbonyl (C=O) groups is 1. The van der Waals surface area contributed by atoms with E-state index in [4.69, 9.17) is 5.11 Å². The number of hydrogen-bond acceptors (Lipinski definition) is 3. The van der Waals surface area contributed by atoms with Gasteiger partial charge < -0.3 is 5.11 Å². The van der Waals surface area contributed by atoms with Crippen molar-refractivity contribution in [3.05, 3.63) is 0 Å². The smallest absolute Gasteiger partial charge is 0.343 e. The van der Waals surface area contributed by atoms with Crippen LogP contribution >= 0.6 is 0 Å². The molecular formula is C4H8N2O2. The number of aliphatic carboxylic acids is 1. The second-order valence-electron chi connectivity index (χ2n) is 1.21. The highest BCUT2D eigenvalue weighted by molar-refractivity contribution is 5.73. The Kier molecular flexibility index (Phi) is 2.79. The summed E-state index contributed by atoms with van der Waals surface area (Å²) in [6.45, 7) is 3.06. The van der Waals surface area contributed by atoms with Gasteiger partial charge in [0.15, 0.2) is 6.17 Å². The number of carboxylic acid groups (broad SMARTS) is 1. The van der Waals surface area contributed by atoms with E-state index in [0.717, 1.165) is 0 Å². The van der Waals surface area contributed by atoms with Gasteiger partial charge in [-0.3, -0.25) is 10.3 Å². The number of nitrogens with one attached hydrogen (secondary N) is 1. The van der Waals surface area contributed by atoms with Crippen LogP contribution in [0.3, 0.4) is 0 Å². The van der Waals surface area contributed by atoms with Gasteiger partial charge in [-0.2, -0.15) is 0 Å². The van der Waals surface area contributed by atoms with Crippen LogP contribution in [0.1, 0.15) is 0 Å². The van der Waals surface area contributed by atoms with Gasteiger partial charge in [-0.1, -0.05) is 0 Å². The molecule has 4 nitrogen and oxygen atoms in total. The van der Waals surface area contributed by atoms with E-state index in [-0.39, 0.29) is 0 Å². The Morgan fingerprint density at radius 3 is 2.50 bits per heavy atom. The Hall–Kier alpha value is -0.900. The summed E-state index contributed by atoms with van der Waals surface area (Å²) in [6.07, 6.45) is -0.866. The van der Waals surface area contributed by atoms with Crippen molar-refractivity contribution >= 4 is 12.7 Å². The van der Waals surface area contributed by atoms with Crippen molar-refractivity contribution in [1.82, 2.24) is 5.32 Å². The van der Waals surface area contributed by atoms with Crippen molar-refractivity contribution in [2.75, 3.05) is 7.05 Å². The Bertz CT molecular complexity index is 102. The quantitative estimate of drug-likeness (QED) is 0.480. The van der Waals surface area contributed by atoms with Crippen LogP contribution < -0.4 is 5.32 Å². The summed E-state index contributed by atoms with van der Waals surface area (Å²) < 4.78 is 0. The molecule has 0 saturated carbocycles. The van der Waals surface area contributed by atoms with E-state index in [0.29, 0.717) is 0 Å². The van der Waals surface area contributed by atoms with Crippen LogP contribution in [-0.2, 0) is 4.79 Å². The summed E-state index contributed by atoms with van der Waals surface area (Å²) in [5.74, 6) is -1.01. The van der Waals surface area contributed by atoms with Crippen molar-refractivity contribution < 1.29 is 9.90 Å². The third kappa shape index (κ3) is 1.70. The molecule has 0 aromatic carbocycles. The Morgan fingerprint density at radius 1 is 2.00 bits per heavy atom. The van der Waals surface area contributed by atoms with Crippen LogP contribution in [-0.4, -0.2) is 31.0 Å². The van der Waals surface area contributed by atoms with Gasteiger partial charge in [-0.15, -0.1) is 0 Å². The zero-order valence-corrected chi connectivity index (χ0v) is 4.59. The van der Waals surface area contributed by atoms with Gasteiger partial charge in [-0.05, 0) is 13.8 Å². The van der Waals surface area contributed by atoms with Crippen LogP contribution in [0.15, 0.2) is 4.99 Å². The summed E-state index contributed by atoms with van der Waals surface area (Å²) in [5.41, 5.74) is 0. The topological polar surface area (TPSA) is 61.7 Å². The fourth-order valence-corrected chi connectivity index (χ4v) is 0.293. The predicted molar refractivity (Wildman–Crippen MR) is 30.0 cm³/mol. The largest absolute Gasteiger partial charge is 0.479 e. The Balaban J connectivity index is 3.69.